The Morgan fingerprint density at radius 1 is 1.50 bits per heavy atom. The molecule has 0 bridgehead atoms. The lowest BCUT2D eigenvalue weighted by atomic mass is 9.88. The second-order valence-corrected chi connectivity index (χ2v) is 5.83. The number of aliphatic hydroxyl groups excluding tert-OH is 1. The van der Waals surface area contributed by atoms with E-state index in [1.54, 1.807) is 10.9 Å². The minimum atomic E-state index is -0.671. The molecule has 0 aromatic carbocycles. The highest BCUT2D eigenvalue weighted by molar-refractivity contribution is 6.31. The van der Waals surface area contributed by atoms with Crippen LogP contribution in [0.4, 0.5) is 0 Å². The van der Waals surface area contributed by atoms with E-state index in [0.29, 0.717) is 10.7 Å². The number of hydrogen-bond donors (Lipinski definition) is 1. The molecule has 0 saturated heterocycles. The molecule has 2 atom stereocenters. The average Bonchev–Trinajstić information content (AvgIpc) is 2.68. The lowest BCUT2D eigenvalue weighted by Crippen LogP contribution is -2.46. The number of aliphatic hydroxyl groups is 1. The van der Waals surface area contributed by atoms with Crippen LogP contribution in [-0.2, 0) is 0 Å². The highest BCUT2D eigenvalue weighted by atomic mass is 35.5. The van der Waals surface area contributed by atoms with Gasteiger partial charge in [-0.15, -0.1) is 0 Å². The van der Waals surface area contributed by atoms with Crippen LogP contribution in [0.3, 0.4) is 0 Å². The van der Waals surface area contributed by atoms with Crippen LogP contribution in [0.5, 0.6) is 0 Å². The maximum absolute atomic E-state index is 10.7. The Balaban J connectivity index is 3.25. The number of nitrogens with zero attached hydrogens (tertiary/aromatic N) is 3. The monoisotopic (exact) mass is 273 g/mol. The first kappa shape index (κ1) is 15.5. The van der Waals surface area contributed by atoms with Crippen LogP contribution in [-0.4, -0.2) is 39.4 Å². The molecular formula is C13H24ClN3O. The van der Waals surface area contributed by atoms with Gasteiger partial charge in [0, 0.05) is 11.6 Å². The summed E-state index contributed by atoms with van der Waals surface area (Å²) >= 11 is 6.19. The predicted octanol–water partition coefficient (Wildman–Crippen LogP) is 2.88. The minimum Gasteiger partial charge on any atom is -0.385 e. The largest absolute Gasteiger partial charge is 0.385 e. The van der Waals surface area contributed by atoms with Crippen molar-refractivity contribution in [2.45, 2.75) is 51.8 Å². The molecule has 0 amide bonds. The topological polar surface area (TPSA) is 41.3 Å². The van der Waals surface area contributed by atoms with Gasteiger partial charge in [-0.2, -0.15) is 5.10 Å². The number of rotatable bonds is 5. The molecule has 0 radical (unpaired) electrons. The zero-order chi connectivity index (χ0) is 14.1. The minimum absolute atomic E-state index is 0.172. The molecule has 0 saturated carbocycles. The first-order chi connectivity index (χ1) is 8.25. The predicted molar refractivity (Wildman–Crippen MR) is 75.0 cm³/mol. The Morgan fingerprint density at radius 2 is 2.06 bits per heavy atom. The molecule has 0 aliphatic rings. The van der Waals surface area contributed by atoms with E-state index in [0.717, 1.165) is 6.42 Å². The molecule has 0 aliphatic heterocycles. The van der Waals surface area contributed by atoms with Crippen LogP contribution < -0.4 is 0 Å². The summed E-state index contributed by atoms with van der Waals surface area (Å²) in [6, 6.07) is 0.172. The van der Waals surface area contributed by atoms with Gasteiger partial charge >= 0.3 is 0 Å². The van der Waals surface area contributed by atoms with E-state index in [2.05, 4.69) is 12.0 Å². The molecule has 0 spiro atoms. The maximum atomic E-state index is 10.7. The summed E-state index contributed by atoms with van der Waals surface area (Å²) in [7, 11) is 3.94. The van der Waals surface area contributed by atoms with E-state index in [-0.39, 0.29) is 11.6 Å². The van der Waals surface area contributed by atoms with Gasteiger partial charge in [-0.1, -0.05) is 18.5 Å². The molecular weight excluding hydrogens is 250 g/mol. The first-order valence-electron chi connectivity index (χ1n) is 6.34. The molecule has 1 rings (SSSR count). The molecule has 1 N–H and O–H groups in total. The second-order valence-electron chi connectivity index (χ2n) is 5.42. The van der Waals surface area contributed by atoms with Crippen molar-refractivity contribution in [3.05, 3.63) is 16.9 Å². The summed E-state index contributed by atoms with van der Waals surface area (Å²) in [5.74, 6) is 0. The quantitative estimate of drug-likeness (QED) is 0.897. The molecule has 1 heterocycles. The van der Waals surface area contributed by atoms with Crippen LogP contribution in [0, 0.1) is 0 Å². The lowest BCUT2D eigenvalue weighted by molar-refractivity contribution is -0.00496. The third-order valence-corrected chi connectivity index (χ3v) is 4.15. The SMILES string of the molecule is CCC(C)(C(O)c1c(Cl)cnn1C(C)C)N(C)C. The van der Waals surface area contributed by atoms with E-state index in [1.165, 1.54) is 0 Å². The van der Waals surface area contributed by atoms with Crippen LogP contribution in [0.2, 0.25) is 5.02 Å². The first-order valence-corrected chi connectivity index (χ1v) is 6.71. The van der Waals surface area contributed by atoms with Gasteiger partial charge in [-0.05, 0) is 41.3 Å². The van der Waals surface area contributed by atoms with Crippen molar-refractivity contribution in [2.24, 2.45) is 0 Å². The van der Waals surface area contributed by atoms with Gasteiger partial charge in [0.2, 0.25) is 0 Å². The molecule has 1 aromatic heterocycles. The number of likely N-dealkylation sites (N-methyl/N-ethyl adjacent to an activating group) is 1. The van der Waals surface area contributed by atoms with Gasteiger partial charge in [0.1, 0.15) is 6.10 Å². The third-order valence-electron chi connectivity index (χ3n) is 3.86. The van der Waals surface area contributed by atoms with E-state index in [1.807, 2.05) is 39.8 Å². The van der Waals surface area contributed by atoms with E-state index in [4.69, 9.17) is 11.6 Å². The number of hydrogen-bond acceptors (Lipinski definition) is 3. The number of aromatic nitrogens is 2. The molecule has 4 nitrogen and oxygen atoms in total. The molecule has 104 valence electrons. The zero-order valence-electron chi connectivity index (χ0n) is 12.1. The van der Waals surface area contributed by atoms with E-state index < -0.39 is 6.10 Å². The van der Waals surface area contributed by atoms with Gasteiger partial charge < -0.3 is 10.0 Å². The van der Waals surface area contributed by atoms with E-state index >= 15 is 0 Å². The lowest BCUT2D eigenvalue weighted by Gasteiger charge is -2.40. The summed E-state index contributed by atoms with van der Waals surface area (Å²) in [6.45, 7) is 8.15. The number of halogens is 1. The molecule has 1 aromatic rings. The highest BCUT2D eigenvalue weighted by Crippen LogP contribution is 2.36. The van der Waals surface area contributed by atoms with Gasteiger partial charge in [-0.25, -0.2) is 0 Å². The Bertz CT molecular complexity index is 403. The van der Waals surface area contributed by atoms with Crippen LogP contribution >= 0.6 is 11.6 Å². The fraction of sp³-hybridized carbons (Fsp3) is 0.769. The molecule has 5 heteroatoms. The standard InChI is InChI=1S/C13H24ClN3O/c1-7-13(4,16(5)6)12(18)11-10(14)8-15-17(11)9(2)3/h8-9,12,18H,7H2,1-6H3. The van der Waals surface area contributed by atoms with Crippen molar-refractivity contribution in [3.63, 3.8) is 0 Å². The van der Waals surface area contributed by atoms with Crippen molar-refractivity contribution < 1.29 is 5.11 Å². The fourth-order valence-corrected chi connectivity index (χ4v) is 2.30. The smallest absolute Gasteiger partial charge is 0.115 e. The average molecular weight is 274 g/mol. The summed E-state index contributed by atoms with van der Waals surface area (Å²) in [5, 5.41) is 15.5. The van der Waals surface area contributed by atoms with Crippen LogP contribution in [0.1, 0.15) is 52.0 Å². The van der Waals surface area contributed by atoms with Crippen molar-refractivity contribution in [2.75, 3.05) is 14.1 Å². The normalized spacial score (nSPS) is 17.2. The van der Waals surface area contributed by atoms with Gasteiger partial charge in [0.25, 0.3) is 0 Å². The summed E-state index contributed by atoms with van der Waals surface area (Å²) in [5.41, 5.74) is 0.334. The highest BCUT2D eigenvalue weighted by Gasteiger charge is 2.38. The second kappa shape index (κ2) is 5.59. The van der Waals surface area contributed by atoms with Gasteiger partial charge in [0.15, 0.2) is 0 Å². The molecule has 18 heavy (non-hydrogen) atoms. The Morgan fingerprint density at radius 3 is 2.44 bits per heavy atom. The zero-order valence-corrected chi connectivity index (χ0v) is 12.9. The molecule has 0 fully saturated rings. The molecule has 2 unspecified atom stereocenters. The Labute approximate surface area is 115 Å². The summed E-state index contributed by atoms with van der Waals surface area (Å²) in [6.07, 6.45) is 1.75. The van der Waals surface area contributed by atoms with Gasteiger partial charge in [-0.3, -0.25) is 4.68 Å². The van der Waals surface area contributed by atoms with Crippen molar-refractivity contribution >= 4 is 11.6 Å². The van der Waals surface area contributed by atoms with Crippen molar-refractivity contribution in [3.8, 4) is 0 Å². The molecule has 0 aliphatic carbocycles. The van der Waals surface area contributed by atoms with Crippen molar-refractivity contribution in [1.82, 2.24) is 14.7 Å². The summed E-state index contributed by atoms with van der Waals surface area (Å²) < 4.78 is 1.80. The Hall–Kier alpha value is -0.580. The van der Waals surface area contributed by atoms with E-state index in [9.17, 15) is 5.11 Å². The van der Waals surface area contributed by atoms with Crippen LogP contribution in [0.25, 0.3) is 0 Å². The van der Waals surface area contributed by atoms with Gasteiger partial charge in [0.05, 0.1) is 16.9 Å². The third kappa shape index (κ3) is 2.56. The Kier molecular flexibility index (Phi) is 4.81. The van der Waals surface area contributed by atoms with Crippen LogP contribution in [0.15, 0.2) is 6.20 Å². The fourth-order valence-electron chi connectivity index (χ4n) is 2.07. The maximum Gasteiger partial charge on any atom is 0.115 e. The summed E-state index contributed by atoms with van der Waals surface area (Å²) in [4.78, 5) is 2.03. The van der Waals surface area contributed by atoms with Crippen molar-refractivity contribution in [1.29, 1.82) is 0 Å².